The van der Waals surface area contributed by atoms with Gasteiger partial charge in [-0.2, -0.15) is 5.10 Å². The minimum absolute atomic E-state index is 0.0000231. The van der Waals surface area contributed by atoms with E-state index in [-0.39, 0.29) is 5.54 Å². The first-order valence-corrected chi connectivity index (χ1v) is 6.39. The van der Waals surface area contributed by atoms with Gasteiger partial charge in [0.1, 0.15) is 0 Å². The van der Waals surface area contributed by atoms with Crippen molar-refractivity contribution in [1.82, 2.24) is 9.78 Å². The fourth-order valence-electron chi connectivity index (χ4n) is 2.76. The normalized spacial score (nSPS) is 30.6. The smallest absolute Gasteiger partial charge is 0.0642 e. The number of aryl methyl sites for hydroxylation is 1. The van der Waals surface area contributed by atoms with E-state index in [0.29, 0.717) is 0 Å². The summed E-state index contributed by atoms with van der Waals surface area (Å²) in [5.74, 6) is 0.903. The van der Waals surface area contributed by atoms with E-state index in [0.717, 1.165) is 30.9 Å². The molecule has 2 N–H and O–H groups in total. The van der Waals surface area contributed by atoms with E-state index >= 15 is 0 Å². The third-order valence-electron chi connectivity index (χ3n) is 3.98. The molecule has 3 heteroatoms. The lowest BCUT2D eigenvalue weighted by Gasteiger charge is -2.36. The Morgan fingerprint density at radius 2 is 2.19 bits per heavy atom. The molecule has 90 valence electrons. The molecule has 0 aromatic carbocycles. The van der Waals surface area contributed by atoms with Gasteiger partial charge in [-0.25, -0.2) is 0 Å². The first-order valence-electron chi connectivity index (χ1n) is 6.39. The lowest BCUT2D eigenvalue weighted by molar-refractivity contribution is 0.227. The summed E-state index contributed by atoms with van der Waals surface area (Å²) in [4.78, 5) is 0. The molecule has 0 radical (unpaired) electrons. The molecule has 1 aliphatic rings. The summed E-state index contributed by atoms with van der Waals surface area (Å²) in [7, 11) is 1.96. The Balaban J connectivity index is 1.94. The molecule has 2 rings (SSSR count). The predicted octanol–water partition coefficient (Wildman–Crippen LogP) is 2.26. The second kappa shape index (κ2) is 4.58. The quantitative estimate of drug-likeness (QED) is 0.851. The van der Waals surface area contributed by atoms with E-state index in [1.807, 2.05) is 17.9 Å². The van der Waals surface area contributed by atoms with Gasteiger partial charge in [-0.05, 0) is 37.7 Å². The van der Waals surface area contributed by atoms with Crippen LogP contribution in [0.4, 0.5) is 0 Å². The van der Waals surface area contributed by atoms with Crippen molar-refractivity contribution in [3.63, 3.8) is 0 Å². The van der Waals surface area contributed by atoms with E-state index in [4.69, 9.17) is 5.73 Å². The van der Waals surface area contributed by atoms with Crippen LogP contribution >= 0.6 is 0 Å². The van der Waals surface area contributed by atoms with E-state index in [9.17, 15) is 0 Å². The Bertz CT molecular complexity index is 335. The Morgan fingerprint density at radius 1 is 1.50 bits per heavy atom. The summed E-state index contributed by atoms with van der Waals surface area (Å²) in [6.45, 7) is 2.28. The van der Waals surface area contributed by atoms with Crippen molar-refractivity contribution < 1.29 is 0 Å². The number of hydrogen-bond donors (Lipinski definition) is 1. The van der Waals surface area contributed by atoms with E-state index in [2.05, 4.69) is 18.1 Å². The second-order valence-corrected chi connectivity index (χ2v) is 5.37. The molecule has 1 fully saturated rings. The summed E-state index contributed by atoms with van der Waals surface area (Å²) >= 11 is 0. The second-order valence-electron chi connectivity index (χ2n) is 5.37. The van der Waals surface area contributed by atoms with Crippen molar-refractivity contribution in [2.45, 2.75) is 51.0 Å². The third-order valence-corrected chi connectivity index (χ3v) is 3.98. The molecule has 0 aliphatic heterocycles. The summed E-state index contributed by atoms with van der Waals surface area (Å²) in [6.07, 6.45) is 9.13. The standard InChI is InChI=1S/C13H23N3/c1-3-11-4-7-13(14,8-5-11)10-12-6-9-16(2)15-12/h6,9,11H,3-5,7-8,10,14H2,1-2H3. The molecule has 3 nitrogen and oxygen atoms in total. The van der Waals surface area contributed by atoms with Crippen molar-refractivity contribution in [2.24, 2.45) is 18.7 Å². The highest BCUT2D eigenvalue weighted by atomic mass is 15.2. The number of aromatic nitrogens is 2. The Hall–Kier alpha value is -0.830. The van der Waals surface area contributed by atoms with Crippen LogP contribution in [0.25, 0.3) is 0 Å². The molecule has 1 aliphatic carbocycles. The monoisotopic (exact) mass is 221 g/mol. The van der Waals surface area contributed by atoms with Crippen LogP contribution in [-0.2, 0) is 13.5 Å². The molecule has 1 saturated carbocycles. The molecule has 0 amide bonds. The zero-order valence-electron chi connectivity index (χ0n) is 10.4. The van der Waals surface area contributed by atoms with Crippen LogP contribution < -0.4 is 5.73 Å². The van der Waals surface area contributed by atoms with Crippen LogP contribution in [0.3, 0.4) is 0 Å². The maximum Gasteiger partial charge on any atom is 0.0642 e. The van der Waals surface area contributed by atoms with E-state index < -0.39 is 0 Å². The molecule has 0 bridgehead atoms. The van der Waals surface area contributed by atoms with Crippen molar-refractivity contribution in [3.8, 4) is 0 Å². The van der Waals surface area contributed by atoms with Gasteiger partial charge in [0.15, 0.2) is 0 Å². The SMILES string of the molecule is CCC1CCC(N)(Cc2ccn(C)n2)CC1. The first kappa shape index (κ1) is 11.6. The molecular weight excluding hydrogens is 198 g/mol. The Morgan fingerprint density at radius 3 is 2.69 bits per heavy atom. The molecule has 1 aromatic rings. The van der Waals surface area contributed by atoms with Crippen LogP contribution in [0.1, 0.15) is 44.7 Å². The maximum absolute atomic E-state index is 6.47. The minimum atomic E-state index is 0.0000231. The zero-order valence-corrected chi connectivity index (χ0v) is 10.4. The van der Waals surface area contributed by atoms with Crippen LogP contribution in [-0.4, -0.2) is 15.3 Å². The largest absolute Gasteiger partial charge is 0.325 e. The first-order chi connectivity index (χ1) is 7.61. The van der Waals surface area contributed by atoms with Crippen molar-refractivity contribution >= 4 is 0 Å². The summed E-state index contributed by atoms with van der Waals surface area (Å²) in [5.41, 5.74) is 7.61. The van der Waals surface area contributed by atoms with E-state index in [1.165, 1.54) is 19.3 Å². The van der Waals surface area contributed by atoms with Gasteiger partial charge in [0.05, 0.1) is 5.69 Å². The van der Waals surface area contributed by atoms with Crippen LogP contribution in [0.15, 0.2) is 12.3 Å². The van der Waals surface area contributed by atoms with Gasteiger partial charge in [0, 0.05) is 25.2 Å². The molecule has 16 heavy (non-hydrogen) atoms. The highest BCUT2D eigenvalue weighted by molar-refractivity contribution is 5.06. The molecule has 0 atom stereocenters. The number of hydrogen-bond acceptors (Lipinski definition) is 2. The van der Waals surface area contributed by atoms with Crippen molar-refractivity contribution in [2.75, 3.05) is 0 Å². The highest BCUT2D eigenvalue weighted by Crippen LogP contribution is 2.33. The van der Waals surface area contributed by atoms with Crippen molar-refractivity contribution in [1.29, 1.82) is 0 Å². The fraction of sp³-hybridized carbons (Fsp3) is 0.769. The van der Waals surface area contributed by atoms with Gasteiger partial charge in [-0.15, -0.1) is 0 Å². The van der Waals surface area contributed by atoms with Gasteiger partial charge in [0.2, 0.25) is 0 Å². The number of nitrogens with two attached hydrogens (primary N) is 1. The number of nitrogens with zero attached hydrogens (tertiary/aromatic N) is 2. The summed E-state index contributed by atoms with van der Waals surface area (Å²) < 4.78 is 1.86. The molecular formula is C13H23N3. The lowest BCUT2D eigenvalue weighted by Crippen LogP contribution is -2.45. The van der Waals surface area contributed by atoms with Crippen molar-refractivity contribution in [3.05, 3.63) is 18.0 Å². The molecule has 1 aromatic heterocycles. The summed E-state index contributed by atoms with van der Waals surface area (Å²) in [5, 5.41) is 4.43. The maximum atomic E-state index is 6.47. The predicted molar refractivity (Wildman–Crippen MR) is 66.1 cm³/mol. The lowest BCUT2D eigenvalue weighted by atomic mass is 9.74. The average molecular weight is 221 g/mol. The minimum Gasteiger partial charge on any atom is -0.325 e. The topological polar surface area (TPSA) is 43.8 Å². The zero-order chi connectivity index (χ0) is 11.6. The van der Waals surface area contributed by atoms with Gasteiger partial charge < -0.3 is 5.73 Å². The van der Waals surface area contributed by atoms with E-state index in [1.54, 1.807) is 0 Å². The van der Waals surface area contributed by atoms with Crippen LogP contribution in [0.2, 0.25) is 0 Å². The third kappa shape index (κ3) is 2.64. The fourth-order valence-corrected chi connectivity index (χ4v) is 2.76. The van der Waals surface area contributed by atoms with Gasteiger partial charge >= 0.3 is 0 Å². The Kier molecular flexibility index (Phi) is 3.33. The summed E-state index contributed by atoms with van der Waals surface area (Å²) in [6, 6.07) is 2.08. The van der Waals surface area contributed by atoms with Gasteiger partial charge in [0.25, 0.3) is 0 Å². The van der Waals surface area contributed by atoms with Crippen LogP contribution in [0.5, 0.6) is 0 Å². The molecule has 1 heterocycles. The molecule has 0 unspecified atom stereocenters. The Labute approximate surface area is 98.0 Å². The van der Waals surface area contributed by atoms with Crippen LogP contribution in [0, 0.1) is 5.92 Å². The van der Waals surface area contributed by atoms with Gasteiger partial charge in [-0.3, -0.25) is 4.68 Å². The van der Waals surface area contributed by atoms with Gasteiger partial charge in [-0.1, -0.05) is 13.3 Å². The average Bonchev–Trinajstić information content (AvgIpc) is 2.64. The molecule has 0 spiro atoms. The molecule has 0 saturated heterocycles. The number of rotatable bonds is 3. The highest BCUT2D eigenvalue weighted by Gasteiger charge is 2.31.